The molecule has 0 aliphatic carbocycles. The lowest BCUT2D eigenvalue weighted by Crippen LogP contribution is -2.45. The summed E-state index contributed by atoms with van der Waals surface area (Å²) >= 11 is 5.87. The number of halogens is 2. The molecule has 0 fully saturated rings. The van der Waals surface area contributed by atoms with Gasteiger partial charge in [-0.15, -0.1) is 0 Å². The maximum absolute atomic E-state index is 13.4. The molecule has 0 saturated carbocycles. The van der Waals surface area contributed by atoms with Crippen molar-refractivity contribution in [3.63, 3.8) is 0 Å². The highest BCUT2D eigenvalue weighted by atomic mass is 35.5. The van der Waals surface area contributed by atoms with E-state index in [4.69, 9.17) is 16.3 Å². The summed E-state index contributed by atoms with van der Waals surface area (Å²) in [6, 6.07) is 3.91. The molecule has 1 rings (SSSR count). The van der Waals surface area contributed by atoms with Crippen LogP contribution in [0.1, 0.15) is 38.7 Å². The Balaban J connectivity index is 2.64. The second kappa shape index (κ2) is 10.1. The smallest absolute Gasteiger partial charge is 0.317 e. The van der Waals surface area contributed by atoms with E-state index in [1.165, 1.54) is 24.0 Å². The lowest BCUT2D eigenvalue weighted by Gasteiger charge is -2.28. The zero-order valence-corrected chi connectivity index (χ0v) is 15.0. The summed E-state index contributed by atoms with van der Waals surface area (Å²) in [6.07, 6.45) is 2.62. The molecule has 0 aromatic heterocycles. The van der Waals surface area contributed by atoms with E-state index in [0.717, 1.165) is 19.3 Å². The first-order valence-corrected chi connectivity index (χ1v) is 8.31. The van der Waals surface area contributed by atoms with Crippen LogP contribution in [0.3, 0.4) is 0 Å². The first-order valence-electron chi connectivity index (χ1n) is 7.93. The van der Waals surface area contributed by atoms with Crippen LogP contribution in [0.2, 0.25) is 5.02 Å². The molecule has 1 aromatic rings. The third-order valence-electron chi connectivity index (χ3n) is 3.70. The van der Waals surface area contributed by atoms with Crippen molar-refractivity contribution in [3.8, 4) is 0 Å². The van der Waals surface area contributed by atoms with E-state index in [2.05, 4.69) is 12.2 Å². The van der Waals surface area contributed by atoms with Crippen molar-refractivity contribution >= 4 is 23.6 Å². The summed E-state index contributed by atoms with van der Waals surface area (Å²) in [5, 5.41) is 2.71. The van der Waals surface area contributed by atoms with E-state index in [-0.39, 0.29) is 36.2 Å². The minimum atomic E-state index is -0.521. The van der Waals surface area contributed by atoms with E-state index in [1.54, 1.807) is 13.1 Å². The van der Waals surface area contributed by atoms with Gasteiger partial charge in [-0.2, -0.15) is 0 Å². The topological polar surface area (TPSA) is 58.6 Å². The fourth-order valence-electron chi connectivity index (χ4n) is 2.19. The van der Waals surface area contributed by atoms with Gasteiger partial charge in [0.05, 0.1) is 11.1 Å². The average Bonchev–Trinajstić information content (AvgIpc) is 2.55. The minimum absolute atomic E-state index is 0.00268. The lowest BCUT2D eigenvalue weighted by molar-refractivity contribution is -0.142. The Morgan fingerprint density at radius 2 is 2.12 bits per heavy atom. The van der Waals surface area contributed by atoms with Gasteiger partial charge >= 0.3 is 12.0 Å². The Labute approximate surface area is 147 Å². The van der Waals surface area contributed by atoms with E-state index in [9.17, 15) is 14.0 Å². The summed E-state index contributed by atoms with van der Waals surface area (Å²) in [5.41, 5.74) is 0.503. The third kappa shape index (κ3) is 6.35. The number of unbranched alkanes of at least 4 members (excludes halogenated alkanes) is 1. The fourth-order valence-corrected chi connectivity index (χ4v) is 2.38. The Morgan fingerprint density at radius 1 is 1.42 bits per heavy atom. The second-order valence-electron chi connectivity index (χ2n) is 5.58. The van der Waals surface area contributed by atoms with Gasteiger partial charge in [-0.05, 0) is 18.1 Å². The number of likely N-dealkylation sites (N-methyl/N-ethyl adjacent to an activating group) is 1. The number of benzene rings is 1. The largest absolute Gasteiger partial charge is 0.464 e. The Hall–Kier alpha value is -1.82. The van der Waals surface area contributed by atoms with Crippen molar-refractivity contribution < 1.29 is 18.7 Å². The number of carbonyl (C=O) groups excluding carboxylic acids is 2. The molecular formula is C17H24ClFN2O3. The van der Waals surface area contributed by atoms with E-state index in [1.807, 2.05) is 0 Å². The molecule has 0 aliphatic heterocycles. The standard InChI is InChI=1S/C17H24ClFN2O3/c1-4-5-8-14(11-24-12(2)22)21(3)17(23)20-10-13-7-6-9-15(19)16(13)18/h6-7,9,14H,4-5,8,10-11H2,1-3H3,(H,20,23). The fraction of sp³-hybridized carbons (Fsp3) is 0.529. The van der Waals surface area contributed by atoms with Crippen LogP contribution < -0.4 is 5.32 Å². The minimum Gasteiger partial charge on any atom is -0.464 e. The molecule has 7 heteroatoms. The van der Waals surface area contributed by atoms with Gasteiger partial charge < -0.3 is 15.0 Å². The summed E-state index contributed by atoms with van der Waals surface area (Å²) in [4.78, 5) is 24.8. The van der Waals surface area contributed by atoms with E-state index >= 15 is 0 Å². The molecule has 134 valence electrons. The molecule has 0 spiro atoms. The number of hydrogen-bond donors (Lipinski definition) is 1. The van der Waals surface area contributed by atoms with Crippen molar-refractivity contribution in [2.45, 2.75) is 45.7 Å². The van der Waals surface area contributed by atoms with Crippen LogP contribution in [0, 0.1) is 5.82 Å². The molecule has 2 amide bonds. The van der Waals surface area contributed by atoms with Gasteiger partial charge in [0.15, 0.2) is 0 Å². The SMILES string of the molecule is CCCCC(COC(C)=O)N(C)C(=O)NCc1cccc(F)c1Cl. The zero-order valence-electron chi connectivity index (χ0n) is 14.3. The van der Waals surface area contributed by atoms with E-state index in [0.29, 0.717) is 5.56 Å². The molecule has 1 unspecified atom stereocenters. The maximum atomic E-state index is 13.4. The van der Waals surface area contributed by atoms with Gasteiger partial charge in [0.25, 0.3) is 0 Å². The van der Waals surface area contributed by atoms with Gasteiger partial charge in [-0.3, -0.25) is 4.79 Å². The summed E-state index contributed by atoms with van der Waals surface area (Å²) in [5.74, 6) is -0.899. The highest BCUT2D eigenvalue weighted by molar-refractivity contribution is 6.31. The molecule has 5 nitrogen and oxygen atoms in total. The molecule has 24 heavy (non-hydrogen) atoms. The molecule has 1 atom stereocenters. The van der Waals surface area contributed by atoms with Crippen molar-refractivity contribution in [2.75, 3.05) is 13.7 Å². The van der Waals surface area contributed by atoms with Crippen LogP contribution in [0.4, 0.5) is 9.18 Å². The zero-order chi connectivity index (χ0) is 18.1. The number of amides is 2. The van der Waals surface area contributed by atoms with Gasteiger partial charge in [0, 0.05) is 20.5 Å². The van der Waals surface area contributed by atoms with Crippen LogP contribution >= 0.6 is 11.6 Å². The molecule has 0 saturated heterocycles. The van der Waals surface area contributed by atoms with Crippen LogP contribution in [0.25, 0.3) is 0 Å². The van der Waals surface area contributed by atoms with Crippen molar-refractivity contribution in [2.24, 2.45) is 0 Å². The summed E-state index contributed by atoms with van der Waals surface area (Å²) < 4.78 is 18.4. The first-order chi connectivity index (χ1) is 11.4. The number of nitrogens with zero attached hydrogens (tertiary/aromatic N) is 1. The van der Waals surface area contributed by atoms with Crippen molar-refractivity contribution in [1.82, 2.24) is 10.2 Å². The van der Waals surface area contributed by atoms with Crippen molar-refractivity contribution in [1.29, 1.82) is 0 Å². The van der Waals surface area contributed by atoms with Gasteiger partial charge in [0.2, 0.25) is 0 Å². The van der Waals surface area contributed by atoms with Crippen LogP contribution in [0.15, 0.2) is 18.2 Å². The number of esters is 1. The number of hydrogen-bond acceptors (Lipinski definition) is 3. The number of rotatable bonds is 8. The highest BCUT2D eigenvalue weighted by Gasteiger charge is 2.21. The summed E-state index contributed by atoms with van der Waals surface area (Å²) in [7, 11) is 1.65. The normalized spacial score (nSPS) is 11.7. The van der Waals surface area contributed by atoms with Crippen LogP contribution in [-0.2, 0) is 16.1 Å². The maximum Gasteiger partial charge on any atom is 0.317 e. The quantitative estimate of drug-likeness (QED) is 0.720. The average molecular weight is 359 g/mol. The van der Waals surface area contributed by atoms with Gasteiger partial charge in [0.1, 0.15) is 12.4 Å². The molecule has 0 heterocycles. The van der Waals surface area contributed by atoms with Gasteiger partial charge in [-0.25, -0.2) is 9.18 Å². The molecular weight excluding hydrogens is 335 g/mol. The number of carbonyl (C=O) groups is 2. The molecule has 1 aromatic carbocycles. The second-order valence-corrected chi connectivity index (χ2v) is 5.96. The van der Waals surface area contributed by atoms with Crippen molar-refractivity contribution in [3.05, 3.63) is 34.6 Å². The molecule has 0 bridgehead atoms. The molecule has 0 aliphatic rings. The number of nitrogens with one attached hydrogen (secondary N) is 1. The lowest BCUT2D eigenvalue weighted by atomic mass is 10.1. The number of urea groups is 1. The first kappa shape index (κ1) is 20.2. The van der Waals surface area contributed by atoms with Crippen LogP contribution in [0.5, 0.6) is 0 Å². The van der Waals surface area contributed by atoms with E-state index < -0.39 is 5.82 Å². The number of ether oxygens (including phenoxy) is 1. The monoisotopic (exact) mass is 358 g/mol. The summed E-state index contributed by atoms with van der Waals surface area (Å²) in [6.45, 7) is 3.66. The Bertz CT molecular complexity index is 569. The molecule has 0 radical (unpaired) electrons. The van der Waals surface area contributed by atoms with Gasteiger partial charge in [-0.1, -0.05) is 43.5 Å². The highest BCUT2D eigenvalue weighted by Crippen LogP contribution is 2.19. The molecule has 1 N–H and O–H groups in total. The Morgan fingerprint density at radius 3 is 2.75 bits per heavy atom. The van der Waals surface area contributed by atoms with Crippen LogP contribution in [-0.4, -0.2) is 36.6 Å². The Kier molecular flexibility index (Phi) is 8.54. The predicted octanol–water partition coefficient (Wildman–Crippen LogP) is 3.74. The third-order valence-corrected chi connectivity index (χ3v) is 4.12. The predicted molar refractivity (Wildman–Crippen MR) is 91.4 cm³/mol.